The fourth-order valence-electron chi connectivity index (χ4n) is 2.68. The Morgan fingerprint density at radius 1 is 1.04 bits per heavy atom. The molecule has 6 nitrogen and oxygen atoms in total. The lowest BCUT2D eigenvalue weighted by molar-refractivity contribution is -0.117. The first-order chi connectivity index (χ1) is 12.9. The predicted octanol–water partition coefficient (Wildman–Crippen LogP) is 3.53. The molecule has 0 saturated carbocycles. The summed E-state index contributed by atoms with van der Waals surface area (Å²) in [5, 5.41) is 2.87. The van der Waals surface area contributed by atoms with Crippen LogP contribution in [0.4, 0.5) is 17.1 Å². The van der Waals surface area contributed by atoms with Crippen LogP contribution >= 0.6 is 0 Å². The van der Waals surface area contributed by atoms with Gasteiger partial charge in [0.15, 0.2) is 0 Å². The number of carbonyl (C=O) groups is 2. The first kappa shape index (κ1) is 20.3. The number of ether oxygens (including phenoxy) is 1. The molecular weight excluding hydrogens is 342 g/mol. The number of amides is 2. The summed E-state index contributed by atoms with van der Waals surface area (Å²) in [5.41, 5.74) is 2.47. The molecule has 2 aromatic rings. The van der Waals surface area contributed by atoms with Crippen molar-refractivity contribution in [2.24, 2.45) is 0 Å². The molecule has 2 rings (SSSR count). The summed E-state index contributed by atoms with van der Waals surface area (Å²) in [6, 6.07) is 15.0. The maximum Gasteiger partial charge on any atom is 0.226 e. The van der Waals surface area contributed by atoms with E-state index < -0.39 is 0 Å². The van der Waals surface area contributed by atoms with Crippen LogP contribution in [0.5, 0.6) is 5.75 Å². The van der Waals surface area contributed by atoms with E-state index in [9.17, 15) is 9.59 Å². The lowest BCUT2D eigenvalue weighted by Crippen LogP contribution is -2.32. The van der Waals surface area contributed by atoms with Crippen LogP contribution in [0.25, 0.3) is 0 Å². The van der Waals surface area contributed by atoms with Crippen LogP contribution in [0.2, 0.25) is 0 Å². The van der Waals surface area contributed by atoms with Gasteiger partial charge in [0.2, 0.25) is 11.8 Å². The third kappa shape index (κ3) is 5.74. The number of hydrogen-bond acceptors (Lipinski definition) is 4. The smallest absolute Gasteiger partial charge is 0.226 e. The van der Waals surface area contributed by atoms with Crippen LogP contribution in [-0.4, -0.2) is 39.1 Å². The average molecular weight is 369 g/mol. The molecule has 0 heterocycles. The first-order valence-corrected chi connectivity index (χ1v) is 8.99. The Balaban J connectivity index is 2.01. The summed E-state index contributed by atoms with van der Waals surface area (Å²) < 4.78 is 5.60. The molecule has 0 bridgehead atoms. The molecule has 27 heavy (non-hydrogen) atoms. The van der Waals surface area contributed by atoms with E-state index in [4.69, 9.17) is 4.74 Å². The molecule has 2 amide bonds. The van der Waals surface area contributed by atoms with Crippen molar-refractivity contribution in [3.05, 3.63) is 48.5 Å². The number of rotatable bonds is 8. The minimum Gasteiger partial charge on any atom is -0.492 e. The summed E-state index contributed by atoms with van der Waals surface area (Å²) in [6.07, 6.45) is 0.190. The van der Waals surface area contributed by atoms with Crippen molar-refractivity contribution >= 4 is 28.9 Å². The van der Waals surface area contributed by atoms with Crippen LogP contribution in [0.3, 0.4) is 0 Å². The van der Waals surface area contributed by atoms with Gasteiger partial charge in [0, 0.05) is 45.4 Å². The number of nitrogens with one attached hydrogen (secondary N) is 1. The summed E-state index contributed by atoms with van der Waals surface area (Å²) in [7, 11) is 3.92. The predicted molar refractivity (Wildman–Crippen MR) is 110 cm³/mol. The third-order valence-corrected chi connectivity index (χ3v) is 4.07. The van der Waals surface area contributed by atoms with Gasteiger partial charge in [0.25, 0.3) is 0 Å². The molecule has 1 N–H and O–H groups in total. The van der Waals surface area contributed by atoms with Gasteiger partial charge >= 0.3 is 0 Å². The van der Waals surface area contributed by atoms with E-state index in [0.717, 1.165) is 11.4 Å². The molecule has 0 unspecified atom stereocenters. The summed E-state index contributed by atoms with van der Waals surface area (Å²) in [5.74, 6) is 0.355. The Kier molecular flexibility index (Phi) is 7.23. The van der Waals surface area contributed by atoms with E-state index in [1.807, 2.05) is 74.4 Å². The Labute approximate surface area is 160 Å². The van der Waals surface area contributed by atoms with Crippen LogP contribution in [0, 0.1) is 0 Å². The van der Waals surface area contributed by atoms with Gasteiger partial charge in [-0.05, 0) is 43.3 Å². The number of hydrogen-bond donors (Lipinski definition) is 1. The van der Waals surface area contributed by atoms with Crippen molar-refractivity contribution in [3.63, 3.8) is 0 Å². The Morgan fingerprint density at radius 3 is 2.30 bits per heavy atom. The van der Waals surface area contributed by atoms with Gasteiger partial charge in [-0.3, -0.25) is 9.59 Å². The van der Waals surface area contributed by atoms with Crippen molar-refractivity contribution < 1.29 is 14.3 Å². The highest BCUT2D eigenvalue weighted by Crippen LogP contribution is 2.28. The van der Waals surface area contributed by atoms with E-state index >= 15 is 0 Å². The lowest BCUT2D eigenvalue weighted by Gasteiger charge is -2.23. The Hall–Kier alpha value is -3.02. The van der Waals surface area contributed by atoms with Crippen LogP contribution in [-0.2, 0) is 9.59 Å². The molecule has 144 valence electrons. The summed E-state index contributed by atoms with van der Waals surface area (Å²) >= 11 is 0. The van der Waals surface area contributed by atoms with Gasteiger partial charge in [0.1, 0.15) is 5.75 Å². The van der Waals surface area contributed by atoms with Crippen molar-refractivity contribution in [1.82, 2.24) is 0 Å². The van der Waals surface area contributed by atoms with E-state index in [1.54, 1.807) is 4.90 Å². The SMILES string of the molecule is CCOc1ccccc1N(CCC(=O)Nc1ccc(N(C)C)cc1)C(C)=O. The van der Waals surface area contributed by atoms with Gasteiger partial charge in [-0.1, -0.05) is 12.1 Å². The topological polar surface area (TPSA) is 61.9 Å². The molecule has 0 saturated heterocycles. The molecule has 0 fully saturated rings. The second-order valence-corrected chi connectivity index (χ2v) is 6.31. The zero-order valence-corrected chi connectivity index (χ0v) is 16.4. The molecular formula is C21H27N3O3. The largest absolute Gasteiger partial charge is 0.492 e. The molecule has 0 aromatic heterocycles. The van der Waals surface area contributed by atoms with Gasteiger partial charge < -0.3 is 19.9 Å². The third-order valence-electron chi connectivity index (χ3n) is 4.07. The maximum atomic E-state index is 12.3. The second-order valence-electron chi connectivity index (χ2n) is 6.31. The zero-order chi connectivity index (χ0) is 19.8. The number of benzene rings is 2. The van der Waals surface area contributed by atoms with Crippen LogP contribution in [0.15, 0.2) is 48.5 Å². The number of anilines is 3. The van der Waals surface area contributed by atoms with Crippen molar-refractivity contribution in [3.8, 4) is 5.75 Å². The Morgan fingerprint density at radius 2 is 1.70 bits per heavy atom. The van der Waals surface area contributed by atoms with E-state index in [2.05, 4.69) is 5.32 Å². The van der Waals surface area contributed by atoms with E-state index in [1.165, 1.54) is 6.92 Å². The summed E-state index contributed by atoms with van der Waals surface area (Å²) in [6.45, 7) is 4.16. The van der Waals surface area contributed by atoms with E-state index in [-0.39, 0.29) is 24.8 Å². The van der Waals surface area contributed by atoms with E-state index in [0.29, 0.717) is 18.0 Å². The number of nitrogens with zero attached hydrogens (tertiary/aromatic N) is 2. The molecule has 0 spiro atoms. The minimum absolute atomic E-state index is 0.134. The van der Waals surface area contributed by atoms with Crippen molar-refractivity contribution in [2.45, 2.75) is 20.3 Å². The molecule has 0 atom stereocenters. The van der Waals surface area contributed by atoms with Gasteiger partial charge in [-0.2, -0.15) is 0 Å². The highest BCUT2D eigenvalue weighted by Gasteiger charge is 2.17. The van der Waals surface area contributed by atoms with Gasteiger partial charge in [-0.15, -0.1) is 0 Å². The van der Waals surface area contributed by atoms with Crippen LogP contribution < -0.4 is 19.9 Å². The second kappa shape index (κ2) is 9.62. The fraction of sp³-hybridized carbons (Fsp3) is 0.333. The summed E-state index contributed by atoms with van der Waals surface area (Å²) in [4.78, 5) is 28.0. The molecule has 0 radical (unpaired) electrons. The zero-order valence-electron chi connectivity index (χ0n) is 16.4. The normalized spacial score (nSPS) is 10.2. The minimum atomic E-state index is -0.146. The van der Waals surface area contributed by atoms with Crippen molar-refractivity contribution in [2.75, 3.05) is 42.4 Å². The first-order valence-electron chi connectivity index (χ1n) is 8.99. The average Bonchev–Trinajstić information content (AvgIpc) is 2.63. The standard InChI is InChI=1S/C21H27N3O3/c1-5-27-20-9-7-6-8-19(20)24(16(2)25)15-14-21(26)22-17-10-12-18(13-11-17)23(3)4/h6-13H,5,14-15H2,1-4H3,(H,22,26). The Bertz CT molecular complexity index is 772. The monoisotopic (exact) mass is 369 g/mol. The molecule has 2 aromatic carbocycles. The molecule has 0 aliphatic rings. The highest BCUT2D eigenvalue weighted by atomic mass is 16.5. The number of carbonyl (C=O) groups excluding carboxylic acids is 2. The lowest BCUT2D eigenvalue weighted by atomic mass is 10.2. The molecule has 0 aliphatic heterocycles. The molecule has 0 aliphatic carbocycles. The van der Waals surface area contributed by atoms with Crippen molar-refractivity contribution in [1.29, 1.82) is 0 Å². The quantitative estimate of drug-likeness (QED) is 0.773. The van der Waals surface area contributed by atoms with Gasteiger partial charge in [-0.25, -0.2) is 0 Å². The molecule has 6 heteroatoms. The highest BCUT2D eigenvalue weighted by molar-refractivity contribution is 5.95. The fourth-order valence-corrected chi connectivity index (χ4v) is 2.68. The maximum absolute atomic E-state index is 12.3. The number of para-hydroxylation sites is 2. The van der Waals surface area contributed by atoms with Crippen LogP contribution in [0.1, 0.15) is 20.3 Å². The van der Waals surface area contributed by atoms with Gasteiger partial charge in [0.05, 0.1) is 12.3 Å².